The summed E-state index contributed by atoms with van der Waals surface area (Å²) in [5.74, 6) is 1.66. The Morgan fingerprint density at radius 2 is 0.859 bits per heavy atom. The van der Waals surface area contributed by atoms with Gasteiger partial charge in [-0.1, -0.05) is 127 Å². The zero-order chi connectivity index (χ0) is 41.9. The van der Waals surface area contributed by atoms with E-state index < -0.39 is 5.41 Å². The van der Waals surface area contributed by atoms with Crippen LogP contribution in [0.1, 0.15) is 22.3 Å². The summed E-state index contributed by atoms with van der Waals surface area (Å²) < 4.78 is 12.1. The number of ether oxygens (including phenoxy) is 1. The smallest absolute Gasteiger partial charge is 0.140 e. The summed E-state index contributed by atoms with van der Waals surface area (Å²) >= 11 is 0. The maximum atomic E-state index is 7.39. The van der Waals surface area contributed by atoms with E-state index in [-0.39, 0.29) is 0 Å². The SMILES string of the molecule is c1ccc(-n2c3ccccc3c3cc(-c4ccc5c(c4)Oc4c(-c6ccc7c(c6)c6ccccc6n7-c6ccccc6)cccc4C54c5cccnc5-c5ncccc54)ccc32)cc1. The van der Waals surface area contributed by atoms with Crippen LogP contribution >= 0.6 is 0 Å². The predicted molar refractivity (Wildman–Crippen MR) is 259 cm³/mol. The van der Waals surface area contributed by atoms with Crippen molar-refractivity contribution in [1.29, 1.82) is 0 Å². The van der Waals surface area contributed by atoms with Gasteiger partial charge < -0.3 is 13.9 Å². The van der Waals surface area contributed by atoms with Crippen LogP contribution in [0.5, 0.6) is 11.5 Å². The number of fused-ring (bicyclic) bond motifs is 15. The third-order valence-electron chi connectivity index (χ3n) is 13.7. The molecule has 0 amide bonds. The number of pyridine rings is 2. The van der Waals surface area contributed by atoms with E-state index in [2.05, 4.69) is 215 Å². The molecule has 0 fully saturated rings. The second kappa shape index (κ2) is 13.2. The fourth-order valence-corrected chi connectivity index (χ4v) is 11.0. The van der Waals surface area contributed by atoms with Crippen LogP contribution in [0.4, 0.5) is 0 Å². The van der Waals surface area contributed by atoms with E-state index >= 15 is 0 Å². The average Bonchev–Trinajstić information content (AvgIpc) is 3.98. The number of benzene rings is 8. The highest BCUT2D eigenvalue weighted by molar-refractivity contribution is 6.12. The first-order chi connectivity index (χ1) is 31.8. The Labute approximate surface area is 368 Å². The summed E-state index contributed by atoms with van der Waals surface area (Å²) in [6.07, 6.45) is 3.76. The molecule has 2 aliphatic rings. The Bertz CT molecular complexity index is 3840. The molecular formula is C59H36N4O. The molecule has 0 unspecified atom stereocenters. The Balaban J connectivity index is 0.997. The van der Waals surface area contributed by atoms with Gasteiger partial charge in [-0.15, -0.1) is 0 Å². The average molecular weight is 817 g/mol. The Morgan fingerprint density at radius 1 is 0.359 bits per heavy atom. The van der Waals surface area contributed by atoms with E-state index in [9.17, 15) is 0 Å². The second-order valence-electron chi connectivity index (χ2n) is 16.9. The summed E-state index contributed by atoms with van der Waals surface area (Å²) in [5, 5.41) is 4.83. The molecule has 0 atom stereocenters. The molecule has 1 aliphatic carbocycles. The lowest BCUT2D eigenvalue weighted by atomic mass is 9.65. The lowest BCUT2D eigenvalue weighted by Gasteiger charge is -2.39. The zero-order valence-corrected chi connectivity index (χ0v) is 34.5. The van der Waals surface area contributed by atoms with Gasteiger partial charge in [0.1, 0.15) is 11.5 Å². The van der Waals surface area contributed by atoms with Crippen molar-refractivity contribution in [3.05, 3.63) is 241 Å². The lowest BCUT2D eigenvalue weighted by molar-refractivity contribution is 0.438. The molecule has 0 radical (unpaired) electrons. The highest BCUT2D eigenvalue weighted by Gasteiger charge is 2.52. The Morgan fingerprint density at radius 3 is 1.48 bits per heavy atom. The molecule has 64 heavy (non-hydrogen) atoms. The van der Waals surface area contributed by atoms with Gasteiger partial charge >= 0.3 is 0 Å². The summed E-state index contributed by atoms with van der Waals surface area (Å²) in [6.45, 7) is 0. The van der Waals surface area contributed by atoms with Crippen LogP contribution in [-0.2, 0) is 5.41 Å². The summed E-state index contributed by atoms with van der Waals surface area (Å²) in [4.78, 5) is 10.0. The number of aromatic nitrogens is 4. The van der Waals surface area contributed by atoms with Crippen LogP contribution < -0.4 is 4.74 Å². The standard InChI is InChI=1S/C59H36N4O/c1-3-14-40(15-4-1)62-51-24-9-7-18-43(51)45-34-37(27-30-53(45)62)38-26-29-47-55(36-38)64-58-42(20-11-21-50(58)59(47)48-22-12-32-60-56(48)57-49(59)23-13-33-61-57)39-28-31-54-46(35-39)44-19-8-10-25-52(44)63(54)41-16-5-2-6-17-41/h1-36H. The molecule has 12 aromatic rings. The van der Waals surface area contributed by atoms with Gasteiger partial charge in [0.2, 0.25) is 0 Å². The van der Waals surface area contributed by atoms with Crippen molar-refractivity contribution in [1.82, 2.24) is 19.1 Å². The number of para-hydroxylation sites is 5. The lowest BCUT2D eigenvalue weighted by Crippen LogP contribution is -2.32. The monoisotopic (exact) mass is 816 g/mol. The minimum Gasteiger partial charge on any atom is -0.456 e. The van der Waals surface area contributed by atoms with Gasteiger partial charge in [-0.25, -0.2) is 0 Å². The third kappa shape index (κ3) is 4.72. The quantitative estimate of drug-likeness (QED) is 0.178. The number of rotatable bonds is 4. The van der Waals surface area contributed by atoms with Crippen molar-refractivity contribution in [2.45, 2.75) is 5.41 Å². The molecule has 5 heteroatoms. The van der Waals surface area contributed by atoms with Gasteiger partial charge in [0, 0.05) is 62.0 Å². The zero-order valence-electron chi connectivity index (χ0n) is 34.5. The molecule has 0 N–H and O–H groups in total. The molecule has 0 saturated carbocycles. The van der Waals surface area contributed by atoms with Crippen molar-refractivity contribution in [3.8, 4) is 56.5 Å². The van der Waals surface area contributed by atoms with Crippen molar-refractivity contribution in [2.24, 2.45) is 0 Å². The maximum absolute atomic E-state index is 7.39. The molecule has 0 bridgehead atoms. The van der Waals surface area contributed by atoms with Crippen molar-refractivity contribution in [3.63, 3.8) is 0 Å². The second-order valence-corrected chi connectivity index (χ2v) is 16.9. The van der Waals surface area contributed by atoms with Gasteiger partial charge in [-0.3, -0.25) is 9.97 Å². The number of nitrogens with zero attached hydrogens (tertiary/aromatic N) is 4. The Kier molecular flexibility index (Phi) is 7.26. The van der Waals surface area contributed by atoms with Gasteiger partial charge in [-0.2, -0.15) is 0 Å². The summed E-state index contributed by atoms with van der Waals surface area (Å²) in [6, 6.07) is 74.3. The first-order valence-corrected chi connectivity index (χ1v) is 21.8. The topological polar surface area (TPSA) is 44.9 Å². The Hall–Kier alpha value is -8.54. The van der Waals surface area contributed by atoms with Crippen LogP contribution in [0.15, 0.2) is 219 Å². The van der Waals surface area contributed by atoms with Crippen LogP contribution in [0, 0.1) is 0 Å². The van der Waals surface area contributed by atoms with Crippen LogP contribution in [0.3, 0.4) is 0 Å². The highest BCUT2D eigenvalue weighted by atomic mass is 16.5. The highest BCUT2D eigenvalue weighted by Crippen LogP contribution is 2.63. The van der Waals surface area contributed by atoms with Crippen molar-refractivity contribution in [2.75, 3.05) is 0 Å². The molecule has 5 nitrogen and oxygen atoms in total. The van der Waals surface area contributed by atoms with Gasteiger partial charge in [0.25, 0.3) is 0 Å². The number of hydrogen-bond donors (Lipinski definition) is 0. The fourth-order valence-electron chi connectivity index (χ4n) is 11.0. The van der Waals surface area contributed by atoms with Gasteiger partial charge in [0.05, 0.1) is 38.9 Å². The van der Waals surface area contributed by atoms with Crippen molar-refractivity contribution >= 4 is 43.6 Å². The molecule has 14 rings (SSSR count). The van der Waals surface area contributed by atoms with Gasteiger partial charge in [0.15, 0.2) is 0 Å². The van der Waals surface area contributed by atoms with E-state index in [1.165, 1.54) is 38.1 Å². The molecule has 1 aliphatic heterocycles. The molecular weight excluding hydrogens is 781 g/mol. The largest absolute Gasteiger partial charge is 0.456 e. The predicted octanol–water partition coefficient (Wildman–Crippen LogP) is 14.5. The van der Waals surface area contributed by atoms with Crippen LogP contribution in [0.25, 0.3) is 88.6 Å². The van der Waals surface area contributed by atoms with E-state index in [1.54, 1.807) is 0 Å². The van der Waals surface area contributed by atoms with E-state index in [4.69, 9.17) is 14.7 Å². The van der Waals surface area contributed by atoms with Crippen LogP contribution in [0.2, 0.25) is 0 Å². The minimum absolute atomic E-state index is 0.717. The van der Waals surface area contributed by atoms with E-state index in [1.807, 2.05) is 12.4 Å². The minimum atomic E-state index is -0.717. The molecule has 1 spiro atoms. The van der Waals surface area contributed by atoms with E-state index in [0.29, 0.717) is 0 Å². The van der Waals surface area contributed by atoms with Crippen molar-refractivity contribution < 1.29 is 4.74 Å². The van der Waals surface area contributed by atoms with Crippen LogP contribution in [-0.4, -0.2) is 19.1 Å². The fraction of sp³-hybridized carbons (Fsp3) is 0.0169. The first-order valence-electron chi connectivity index (χ1n) is 21.8. The van der Waals surface area contributed by atoms with E-state index in [0.717, 1.165) is 84.3 Å². The van der Waals surface area contributed by atoms with Gasteiger partial charge in [-0.05, 0) is 107 Å². The first kappa shape index (κ1) is 35.1. The summed E-state index contributed by atoms with van der Waals surface area (Å²) in [7, 11) is 0. The molecule has 0 saturated heterocycles. The number of hydrogen-bond acceptors (Lipinski definition) is 3. The molecule has 5 heterocycles. The normalized spacial score (nSPS) is 13.2. The molecule has 298 valence electrons. The summed E-state index contributed by atoms with van der Waals surface area (Å²) in [5.41, 5.74) is 16.8. The third-order valence-corrected chi connectivity index (χ3v) is 13.7. The maximum Gasteiger partial charge on any atom is 0.140 e. The molecule has 4 aromatic heterocycles. The molecule has 8 aromatic carbocycles.